The van der Waals surface area contributed by atoms with E-state index in [1.54, 1.807) is 0 Å². The molecule has 3 nitrogen and oxygen atoms in total. The standard InChI is InChI=1S/C14H18N2O/c1-3-4-9-13(17)16-14-10(2)15-12-8-6-5-7-11(12)14/h5-8,15H,3-4,9H2,1-2H3,(H,16,17). The van der Waals surface area contributed by atoms with E-state index in [0.717, 1.165) is 35.1 Å². The highest BCUT2D eigenvalue weighted by molar-refractivity contribution is 6.02. The highest BCUT2D eigenvalue weighted by Gasteiger charge is 2.10. The van der Waals surface area contributed by atoms with Crippen molar-refractivity contribution in [2.24, 2.45) is 0 Å². The Morgan fingerprint density at radius 3 is 2.88 bits per heavy atom. The summed E-state index contributed by atoms with van der Waals surface area (Å²) in [6.07, 6.45) is 2.57. The van der Waals surface area contributed by atoms with Crippen LogP contribution < -0.4 is 5.32 Å². The lowest BCUT2D eigenvalue weighted by atomic mass is 10.2. The van der Waals surface area contributed by atoms with Gasteiger partial charge in [0.05, 0.1) is 5.69 Å². The van der Waals surface area contributed by atoms with Crippen molar-refractivity contribution in [3.63, 3.8) is 0 Å². The van der Waals surface area contributed by atoms with Gasteiger partial charge in [-0.1, -0.05) is 31.5 Å². The average Bonchev–Trinajstić information content (AvgIpc) is 2.64. The number of H-pyrrole nitrogens is 1. The maximum Gasteiger partial charge on any atom is 0.224 e. The number of hydrogen-bond donors (Lipinski definition) is 2. The Hall–Kier alpha value is -1.77. The molecule has 1 heterocycles. The molecule has 0 saturated heterocycles. The minimum absolute atomic E-state index is 0.0969. The van der Waals surface area contributed by atoms with Gasteiger partial charge in [-0.25, -0.2) is 0 Å². The van der Waals surface area contributed by atoms with Crippen molar-refractivity contribution in [3.05, 3.63) is 30.0 Å². The number of benzene rings is 1. The molecule has 2 N–H and O–H groups in total. The van der Waals surface area contributed by atoms with Gasteiger partial charge in [-0.05, 0) is 19.4 Å². The molecule has 0 aliphatic heterocycles. The Kier molecular flexibility index (Phi) is 3.47. The summed E-state index contributed by atoms with van der Waals surface area (Å²) >= 11 is 0. The van der Waals surface area contributed by atoms with Crippen LogP contribution in [0, 0.1) is 6.92 Å². The molecule has 0 spiro atoms. The topological polar surface area (TPSA) is 44.9 Å². The van der Waals surface area contributed by atoms with Crippen molar-refractivity contribution in [2.45, 2.75) is 33.1 Å². The first-order valence-electron chi connectivity index (χ1n) is 6.09. The van der Waals surface area contributed by atoms with E-state index in [-0.39, 0.29) is 5.91 Å². The Morgan fingerprint density at radius 2 is 2.12 bits per heavy atom. The van der Waals surface area contributed by atoms with Gasteiger partial charge in [0.2, 0.25) is 5.91 Å². The molecule has 0 fully saturated rings. The number of para-hydroxylation sites is 1. The van der Waals surface area contributed by atoms with Gasteiger partial charge in [-0.2, -0.15) is 0 Å². The zero-order valence-corrected chi connectivity index (χ0v) is 10.3. The van der Waals surface area contributed by atoms with Gasteiger partial charge < -0.3 is 10.3 Å². The summed E-state index contributed by atoms with van der Waals surface area (Å²) in [6.45, 7) is 4.07. The molecule has 90 valence electrons. The predicted molar refractivity (Wildman–Crippen MR) is 71.2 cm³/mol. The molecule has 0 aliphatic rings. The van der Waals surface area contributed by atoms with Gasteiger partial charge in [0.1, 0.15) is 0 Å². The van der Waals surface area contributed by atoms with Crippen molar-refractivity contribution in [1.29, 1.82) is 0 Å². The monoisotopic (exact) mass is 230 g/mol. The summed E-state index contributed by atoms with van der Waals surface area (Å²) in [7, 11) is 0. The molecule has 17 heavy (non-hydrogen) atoms. The van der Waals surface area contributed by atoms with Gasteiger partial charge in [0.25, 0.3) is 0 Å². The number of aromatic amines is 1. The van der Waals surface area contributed by atoms with Crippen molar-refractivity contribution in [3.8, 4) is 0 Å². The summed E-state index contributed by atoms with van der Waals surface area (Å²) in [5.41, 5.74) is 2.99. The second-order valence-electron chi connectivity index (χ2n) is 4.32. The van der Waals surface area contributed by atoms with Crippen LogP contribution in [0.15, 0.2) is 24.3 Å². The second-order valence-corrected chi connectivity index (χ2v) is 4.32. The normalized spacial score (nSPS) is 10.7. The third-order valence-corrected chi connectivity index (χ3v) is 2.92. The lowest BCUT2D eigenvalue weighted by Gasteiger charge is -2.04. The van der Waals surface area contributed by atoms with Crippen molar-refractivity contribution >= 4 is 22.5 Å². The van der Waals surface area contributed by atoms with Gasteiger partial charge in [0, 0.05) is 23.0 Å². The minimum Gasteiger partial charge on any atom is -0.357 e. The molecule has 1 aromatic heterocycles. The number of anilines is 1. The molecule has 1 amide bonds. The molecule has 0 radical (unpaired) electrons. The van der Waals surface area contributed by atoms with E-state index in [4.69, 9.17) is 0 Å². The summed E-state index contributed by atoms with van der Waals surface area (Å²) < 4.78 is 0. The fourth-order valence-electron chi connectivity index (χ4n) is 1.98. The Bertz CT molecular complexity index is 528. The zero-order valence-electron chi connectivity index (χ0n) is 10.3. The van der Waals surface area contributed by atoms with Gasteiger partial charge in [0.15, 0.2) is 0 Å². The Balaban J connectivity index is 2.23. The van der Waals surface area contributed by atoms with E-state index in [0.29, 0.717) is 6.42 Å². The largest absolute Gasteiger partial charge is 0.357 e. The minimum atomic E-state index is 0.0969. The number of rotatable bonds is 4. The summed E-state index contributed by atoms with van der Waals surface area (Å²) in [5, 5.41) is 4.08. The van der Waals surface area contributed by atoms with Crippen LogP contribution in [0.3, 0.4) is 0 Å². The SMILES string of the molecule is CCCCC(=O)Nc1c(C)[nH]c2ccccc12. The molecule has 3 heteroatoms. The van der Waals surface area contributed by atoms with Crippen LogP contribution in [0.2, 0.25) is 0 Å². The molecule has 0 aliphatic carbocycles. The van der Waals surface area contributed by atoms with Gasteiger partial charge in [-0.15, -0.1) is 0 Å². The molecule has 0 atom stereocenters. The van der Waals surface area contributed by atoms with E-state index < -0.39 is 0 Å². The van der Waals surface area contributed by atoms with Crippen molar-refractivity contribution in [1.82, 2.24) is 4.98 Å². The lowest BCUT2D eigenvalue weighted by molar-refractivity contribution is -0.116. The summed E-state index contributed by atoms with van der Waals surface area (Å²) in [5.74, 6) is 0.0969. The highest BCUT2D eigenvalue weighted by atomic mass is 16.1. The molecular formula is C14H18N2O. The number of aromatic nitrogens is 1. The predicted octanol–water partition coefficient (Wildman–Crippen LogP) is 3.61. The molecule has 0 saturated carbocycles. The fraction of sp³-hybridized carbons (Fsp3) is 0.357. The van der Waals surface area contributed by atoms with Crippen LogP contribution in [0.25, 0.3) is 10.9 Å². The van der Waals surface area contributed by atoms with Crippen LogP contribution in [-0.4, -0.2) is 10.9 Å². The smallest absolute Gasteiger partial charge is 0.224 e. The third kappa shape index (κ3) is 2.49. The molecule has 1 aromatic carbocycles. The maximum absolute atomic E-state index is 11.7. The molecule has 0 unspecified atom stereocenters. The fourth-order valence-corrected chi connectivity index (χ4v) is 1.98. The zero-order chi connectivity index (χ0) is 12.3. The quantitative estimate of drug-likeness (QED) is 0.828. The first-order valence-corrected chi connectivity index (χ1v) is 6.09. The Morgan fingerprint density at radius 1 is 1.35 bits per heavy atom. The van der Waals surface area contributed by atoms with Crippen LogP contribution >= 0.6 is 0 Å². The van der Waals surface area contributed by atoms with E-state index in [1.165, 1.54) is 0 Å². The van der Waals surface area contributed by atoms with Gasteiger partial charge >= 0.3 is 0 Å². The Labute approximate surface area is 101 Å². The number of hydrogen-bond acceptors (Lipinski definition) is 1. The van der Waals surface area contributed by atoms with E-state index in [1.807, 2.05) is 31.2 Å². The van der Waals surface area contributed by atoms with Crippen LogP contribution in [0.1, 0.15) is 31.9 Å². The number of aryl methyl sites for hydroxylation is 1. The first-order chi connectivity index (χ1) is 8.22. The number of carbonyl (C=O) groups is 1. The van der Waals surface area contributed by atoms with E-state index >= 15 is 0 Å². The number of unbranched alkanes of at least 4 members (excludes halogenated alkanes) is 1. The van der Waals surface area contributed by atoms with Crippen molar-refractivity contribution in [2.75, 3.05) is 5.32 Å². The number of amides is 1. The van der Waals surface area contributed by atoms with Crippen LogP contribution in [0.4, 0.5) is 5.69 Å². The lowest BCUT2D eigenvalue weighted by Crippen LogP contribution is -2.11. The summed E-state index contributed by atoms with van der Waals surface area (Å²) in [6, 6.07) is 8.01. The first kappa shape index (κ1) is 11.7. The summed E-state index contributed by atoms with van der Waals surface area (Å²) in [4.78, 5) is 15.0. The van der Waals surface area contributed by atoms with E-state index in [2.05, 4.69) is 17.2 Å². The molecule has 2 rings (SSSR count). The van der Waals surface area contributed by atoms with Crippen molar-refractivity contribution < 1.29 is 4.79 Å². The second kappa shape index (κ2) is 5.04. The molecular weight excluding hydrogens is 212 g/mol. The number of fused-ring (bicyclic) bond motifs is 1. The van der Waals surface area contributed by atoms with Gasteiger partial charge in [-0.3, -0.25) is 4.79 Å². The molecule has 2 aromatic rings. The number of nitrogens with one attached hydrogen (secondary N) is 2. The average molecular weight is 230 g/mol. The number of carbonyl (C=O) groups excluding carboxylic acids is 1. The highest BCUT2D eigenvalue weighted by Crippen LogP contribution is 2.26. The third-order valence-electron chi connectivity index (χ3n) is 2.92. The maximum atomic E-state index is 11.7. The van der Waals surface area contributed by atoms with E-state index in [9.17, 15) is 4.79 Å². The van der Waals surface area contributed by atoms with Crippen LogP contribution in [-0.2, 0) is 4.79 Å². The van der Waals surface area contributed by atoms with Crippen LogP contribution in [0.5, 0.6) is 0 Å². The molecule has 0 bridgehead atoms.